The Morgan fingerprint density at radius 1 is 1.19 bits per heavy atom. The highest BCUT2D eigenvalue weighted by molar-refractivity contribution is 5.77. The molecular weight excluding hydrogens is 262 g/mol. The van der Waals surface area contributed by atoms with Crippen LogP contribution in [0.25, 0.3) is 0 Å². The largest absolute Gasteiger partial charge is 0.493 e. The lowest BCUT2D eigenvalue weighted by molar-refractivity contribution is -0.121. The molecule has 1 N–H and O–H groups in total. The number of carbonyl (C=O) groups is 1. The Kier molecular flexibility index (Phi) is 3.91. The quantitative estimate of drug-likeness (QED) is 0.934. The first-order valence-electron chi connectivity index (χ1n) is 7.26. The number of benzene rings is 2. The van der Waals surface area contributed by atoms with Gasteiger partial charge in [0.15, 0.2) is 0 Å². The Hall–Kier alpha value is -2.29. The number of aryl methyl sites for hydroxylation is 1. The summed E-state index contributed by atoms with van der Waals surface area (Å²) in [5.41, 5.74) is 3.49. The number of hydrogen-bond donors (Lipinski definition) is 1. The zero-order valence-corrected chi connectivity index (χ0v) is 12.1. The van der Waals surface area contributed by atoms with Crippen molar-refractivity contribution in [2.75, 3.05) is 6.61 Å². The summed E-state index contributed by atoms with van der Waals surface area (Å²) in [6.45, 7) is 3.23. The highest BCUT2D eigenvalue weighted by Gasteiger charge is 2.25. The standard InChI is InChI=1S/C18H19NO2/c1-13-6-8-14(9-7-13)11-19-18(20)10-15-12-21-17-5-3-2-4-16(15)17/h2-9,15H,10-12H2,1H3,(H,19,20). The maximum atomic E-state index is 12.1. The molecule has 1 aliphatic heterocycles. The lowest BCUT2D eigenvalue weighted by atomic mass is 9.97. The van der Waals surface area contributed by atoms with Crippen molar-refractivity contribution in [3.05, 3.63) is 65.2 Å². The zero-order valence-electron chi connectivity index (χ0n) is 12.1. The van der Waals surface area contributed by atoms with Crippen LogP contribution >= 0.6 is 0 Å². The normalized spacial score (nSPS) is 16.1. The lowest BCUT2D eigenvalue weighted by Crippen LogP contribution is -2.25. The molecule has 3 nitrogen and oxygen atoms in total. The summed E-state index contributed by atoms with van der Waals surface area (Å²) in [5.74, 6) is 1.15. The average molecular weight is 281 g/mol. The van der Waals surface area contributed by atoms with E-state index in [1.807, 2.05) is 36.4 Å². The third-order valence-corrected chi connectivity index (χ3v) is 3.84. The average Bonchev–Trinajstić information content (AvgIpc) is 2.90. The fourth-order valence-electron chi connectivity index (χ4n) is 2.60. The first kappa shape index (κ1) is 13.7. The molecule has 3 heteroatoms. The van der Waals surface area contributed by atoms with E-state index in [0.717, 1.165) is 16.9 Å². The van der Waals surface area contributed by atoms with Crippen LogP contribution in [0.15, 0.2) is 48.5 Å². The molecule has 1 unspecified atom stereocenters. The number of amides is 1. The van der Waals surface area contributed by atoms with Crippen LogP contribution in [0, 0.1) is 6.92 Å². The van der Waals surface area contributed by atoms with Gasteiger partial charge in [-0.05, 0) is 18.6 Å². The van der Waals surface area contributed by atoms with Crippen LogP contribution in [0.3, 0.4) is 0 Å². The number of carbonyl (C=O) groups excluding carboxylic acids is 1. The maximum absolute atomic E-state index is 12.1. The van der Waals surface area contributed by atoms with E-state index in [2.05, 4.69) is 24.4 Å². The number of fused-ring (bicyclic) bond motifs is 1. The molecule has 1 heterocycles. The van der Waals surface area contributed by atoms with Gasteiger partial charge in [-0.25, -0.2) is 0 Å². The number of para-hydroxylation sites is 1. The van der Waals surface area contributed by atoms with Crippen molar-refractivity contribution in [1.82, 2.24) is 5.32 Å². The van der Waals surface area contributed by atoms with Crippen molar-refractivity contribution < 1.29 is 9.53 Å². The van der Waals surface area contributed by atoms with Crippen LogP contribution in [0.5, 0.6) is 5.75 Å². The highest BCUT2D eigenvalue weighted by atomic mass is 16.5. The Bertz CT molecular complexity index is 634. The summed E-state index contributed by atoms with van der Waals surface area (Å²) in [6.07, 6.45) is 0.475. The molecule has 0 radical (unpaired) electrons. The molecule has 0 aromatic heterocycles. The van der Waals surface area contributed by atoms with Gasteiger partial charge in [-0.2, -0.15) is 0 Å². The monoisotopic (exact) mass is 281 g/mol. The Morgan fingerprint density at radius 3 is 2.76 bits per heavy atom. The number of rotatable bonds is 4. The Balaban J connectivity index is 1.54. The number of hydrogen-bond acceptors (Lipinski definition) is 2. The van der Waals surface area contributed by atoms with Gasteiger partial charge in [0.1, 0.15) is 5.75 Å². The third kappa shape index (κ3) is 3.24. The van der Waals surface area contributed by atoms with Crippen LogP contribution in [-0.2, 0) is 11.3 Å². The van der Waals surface area contributed by atoms with E-state index in [4.69, 9.17) is 4.74 Å². The Morgan fingerprint density at radius 2 is 1.95 bits per heavy atom. The molecule has 2 aromatic rings. The fourth-order valence-corrected chi connectivity index (χ4v) is 2.60. The maximum Gasteiger partial charge on any atom is 0.221 e. The Labute approximate surface area is 124 Å². The molecule has 0 saturated carbocycles. The summed E-state index contributed by atoms with van der Waals surface area (Å²) < 4.78 is 5.61. The summed E-state index contributed by atoms with van der Waals surface area (Å²) >= 11 is 0. The molecule has 0 bridgehead atoms. The van der Waals surface area contributed by atoms with Crippen molar-refractivity contribution in [3.8, 4) is 5.75 Å². The van der Waals surface area contributed by atoms with Crippen molar-refractivity contribution in [2.24, 2.45) is 0 Å². The minimum absolute atomic E-state index is 0.0703. The van der Waals surface area contributed by atoms with E-state index < -0.39 is 0 Å². The minimum atomic E-state index is 0.0703. The zero-order chi connectivity index (χ0) is 14.7. The van der Waals surface area contributed by atoms with E-state index in [-0.39, 0.29) is 11.8 Å². The molecular formula is C18H19NO2. The molecule has 3 rings (SSSR count). The topological polar surface area (TPSA) is 38.3 Å². The summed E-state index contributed by atoms with van der Waals surface area (Å²) in [5, 5.41) is 2.98. The van der Waals surface area contributed by atoms with Gasteiger partial charge in [0.2, 0.25) is 5.91 Å². The first-order chi connectivity index (χ1) is 10.2. The van der Waals surface area contributed by atoms with Crippen molar-refractivity contribution in [1.29, 1.82) is 0 Å². The second kappa shape index (κ2) is 6.00. The van der Waals surface area contributed by atoms with E-state index in [1.54, 1.807) is 0 Å². The van der Waals surface area contributed by atoms with Gasteiger partial charge in [-0.15, -0.1) is 0 Å². The van der Waals surface area contributed by atoms with Crippen LogP contribution in [0.2, 0.25) is 0 Å². The SMILES string of the molecule is Cc1ccc(CNC(=O)CC2COc3ccccc32)cc1. The molecule has 0 saturated heterocycles. The molecule has 0 spiro atoms. The summed E-state index contributed by atoms with van der Waals surface area (Å²) in [6, 6.07) is 16.2. The molecule has 1 atom stereocenters. The molecule has 0 aliphatic carbocycles. The predicted molar refractivity (Wildman–Crippen MR) is 82.3 cm³/mol. The third-order valence-electron chi connectivity index (χ3n) is 3.84. The van der Waals surface area contributed by atoms with Gasteiger partial charge in [0.25, 0.3) is 0 Å². The van der Waals surface area contributed by atoms with Gasteiger partial charge in [0, 0.05) is 24.4 Å². The minimum Gasteiger partial charge on any atom is -0.493 e. The van der Waals surface area contributed by atoms with Gasteiger partial charge in [0.05, 0.1) is 6.61 Å². The molecule has 108 valence electrons. The number of ether oxygens (including phenoxy) is 1. The van der Waals surface area contributed by atoms with Crippen molar-refractivity contribution >= 4 is 5.91 Å². The van der Waals surface area contributed by atoms with Crippen molar-refractivity contribution in [3.63, 3.8) is 0 Å². The number of nitrogens with one attached hydrogen (secondary N) is 1. The summed E-state index contributed by atoms with van der Waals surface area (Å²) in [7, 11) is 0. The van der Waals surface area contributed by atoms with Gasteiger partial charge in [-0.3, -0.25) is 4.79 Å². The van der Waals surface area contributed by atoms with Crippen LogP contribution in [0.4, 0.5) is 0 Å². The second-order valence-electron chi connectivity index (χ2n) is 5.51. The van der Waals surface area contributed by atoms with E-state index >= 15 is 0 Å². The molecule has 1 amide bonds. The smallest absolute Gasteiger partial charge is 0.221 e. The molecule has 1 aliphatic rings. The molecule has 21 heavy (non-hydrogen) atoms. The fraction of sp³-hybridized carbons (Fsp3) is 0.278. The predicted octanol–water partition coefficient (Wildman–Crippen LogP) is 3.18. The van der Waals surface area contributed by atoms with Crippen LogP contribution in [0.1, 0.15) is 29.0 Å². The first-order valence-corrected chi connectivity index (χ1v) is 7.26. The van der Waals surface area contributed by atoms with Crippen LogP contribution in [-0.4, -0.2) is 12.5 Å². The van der Waals surface area contributed by atoms with Gasteiger partial charge in [-0.1, -0.05) is 48.0 Å². The van der Waals surface area contributed by atoms with Crippen LogP contribution < -0.4 is 10.1 Å². The summed E-state index contributed by atoms with van der Waals surface area (Å²) in [4.78, 5) is 12.1. The van der Waals surface area contributed by atoms with E-state index in [1.165, 1.54) is 5.56 Å². The van der Waals surface area contributed by atoms with E-state index in [0.29, 0.717) is 19.6 Å². The second-order valence-corrected chi connectivity index (χ2v) is 5.51. The van der Waals surface area contributed by atoms with Gasteiger partial charge < -0.3 is 10.1 Å². The van der Waals surface area contributed by atoms with E-state index in [9.17, 15) is 4.79 Å². The molecule has 0 fully saturated rings. The lowest BCUT2D eigenvalue weighted by Gasteiger charge is -2.10. The highest BCUT2D eigenvalue weighted by Crippen LogP contribution is 2.35. The van der Waals surface area contributed by atoms with Crippen molar-refractivity contribution in [2.45, 2.75) is 25.8 Å². The molecule has 2 aromatic carbocycles. The van der Waals surface area contributed by atoms with Gasteiger partial charge >= 0.3 is 0 Å².